The molecule has 4 nitrogen and oxygen atoms in total. The van der Waals surface area contributed by atoms with Crippen molar-refractivity contribution in [1.29, 1.82) is 0 Å². The normalized spacial score (nSPS) is 12.4. The Morgan fingerprint density at radius 1 is 1.44 bits per heavy atom. The van der Waals surface area contributed by atoms with E-state index in [4.69, 9.17) is 15.2 Å². The van der Waals surface area contributed by atoms with E-state index in [2.05, 4.69) is 0 Å². The first kappa shape index (κ1) is 14.6. The fourth-order valence-electron chi connectivity index (χ4n) is 1.44. The molecule has 1 atom stereocenters. The maximum Gasteiger partial charge on any atom is 0.224 e. The van der Waals surface area contributed by atoms with Crippen LogP contribution in [0.5, 0.6) is 0 Å². The molecule has 5 heteroatoms. The second kappa shape index (κ2) is 7.08. The first-order valence-corrected chi connectivity index (χ1v) is 5.70. The molecule has 100 valence electrons. The molecule has 0 radical (unpaired) electrons. The zero-order chi connectivity index (χ0) is 13.5. The molecule has 0 aromatic heterocycles. The van der Waals surface area contributed by atoms with Crippen molar-refractivity contribution in [2.45, 2.75) is 19.4 Å². The first-order chi connectivity index (χ1) is 8.56. The van der Waals surface area contributed by atoms with Crippen molar-refractivity contribution in [3.05, 3.63) is 35.1 Å². The lowest BCUT2D eigenvalue weighted by molar-refractivity contribution is -0.119. The number of ether oxygens (including phenoxy) is 2. The van der Waals surface area contributed by atoms with E-state index in [1.807, 2.05) is 0 Å². The molecule has 0 aliphatic heterocycles. The Balaban J connectivity index is 2.65. The van der Waals surface area contributed by atoms with Crippen molar-refractivity contribution in [2.75, 3.05) is 20.3 Å². The summed E-state index contributed by atoms with van der Waals surface area (Å²) in [6.07, 6.45) is 0. The number of carbonyl (C=O) groups is 1. The minimum Gasteiger partial charge on any atom is -0.382 e. The number of rotatable bonds is 7. The summed E-state index contributed by atoms with van der Waals surface area (Å²) in [6, 6.07) is 4.62. The van der Waals surface area contributed by atoms with Gasteiger partial charge in [-0.2, -0.15) is 0 Å². The van der Waals surface area contributed by atoms with Gasteiger partial charge < -0.3 is 15.2 Å². The number of benzene rings is 1. The Hall–Kier alpha value is -1.46. The smallest absolute Gasteiger partial charge is 0.224 e. The Morgan fingerprint density at radius 2 is 2.17 bits per heavy atom. The van der Waals surface area contributed by atoms with Gasteiger partial charge in [-0.3, -0.25) is 4.79 Å². The first-order valence-electron chi connectivity index (χ1n) is 5.70. The van der Waals surface area contributed by atoms with E-state index in [0.717, 1.165) is 0 Å². The Morgan fingerprint density at radius 3 is 2.72 bits per heavy atom. The highest BCUT2D eigenvalue weighted by molar-refractivity contribution is 5.81. The van der Waals surface area contributed by atoms with Gasteiger partial charge in [-0.15, -0.1) is 0 Å². The number of nitrogens with two attached hydrogens (primary N) is 1. The molecule has 18 heavy (non-hydrogen) atoms. The molecule has 0 saturated carbocycles. The summed E-state index contributed by atoms with van der Waals surface area (Å²) in [5, 5.41) is 0. The van der Waals surface area contributed by atoms with Crippen LogP contribution in [0.15, 0.2) is 18.2 Å². The molecule has 0 saturated heterocycles. The molecule has 0 aliphatic rings. The van der Waals surface area contributed by atoms with Gasteiger partial charge in [-0.1, -0.05) is 12.1 Å². The van der Waals surface area contributed by atoms with E-state index in [-0.39, 0.29) is 6.61 Å². The van der Waals surface area contributed by atoms with Crippen molar-refractivity contribution >= 4 is 5.91 Å². The zero-order valence-electron chi connectivity index (χ0n) is 10.6. The van der Waals surface area contributed by atoms with Crippen molar-refractivity contribution in [3.8, 4) is 0 Å². The van der Waals surface area contributed by atoms with Gasteiger partial charge in [0.25, 0.3) is 0 Å². The SMILES string of the molecule is COCCOCc1ccc(C(C)C(N)=O)cc1F. The lowest BCUT2D eigenvalue weighted by Gasteiger charge is -2.10. The second-order valence-electron chi connectivity index (χ2n) is 4.02. The van der Waals surface area contributed by atoms with E-state index in [9.17, 15) is 9.18 Å². The van der Waals surface area contributed by atoms with Crippen molar-refractivity contribution < 1.29 is 18.7 Å². The van der Waals surface area contributed by atoms with Gasteiger partial charge in [-0.25, -0.2) is 4.39 Å². The van der Waals surface area contributed by atoms with Crippen LogP contribution in [0.4, 0.5) is 4.39 Å². The molecule has 1 rings (SSSR count). The van der Waals surface area contributed by atoms with Gasteiger partial charge in [0.05, 0.1) is 25.7 Å². The molecular formula is C13H18FNO3. The number of hydrogen-bond acceptors (Lipinski definition) is 3. The molecular weight excluding hydrogens is 237 g/mol. The molecule has 0 spiro atoms. The van der Waals surface area contributed by atoms with E-state index < -0.39 is 17.6 Å². The number of primary amides is 1. The van der Waals surface area contributed by atoms with E-state index in [1.165, 1.54) is 6.07 Å². The average Bonchev–Trinajstić information content (AvgIpc) is 2.35. The maximum atomic E-state index is 13.7. The number of carbonyl (C=O) groups excluding carboxylic acids is 1. The summed E-state index contributed by atoms with van der Waals surface area (Å²) in [4.78, 5) is 11.0. The minimum atomic E-state index is -0.497. The molecule has 1 aromatic carbocycles. The maximum absolute atomic E-state index is 13.7. The summed E-state index contributed by atoms with van der Waals surface area (Å²) in [5.41, 5.74) is 6.19. The van der Waals surface area contributed by atoms with Crippen molar-refractivity contribution in [3.63, 3.8) is 0 Å². The Labute approximate surface area is 106 Å². The highest BCUT2D eigenvalue weighted by Crippen LogP contribution is 2.18. The lowest BCUT2D eigenvalue weighted by atomic mass is 9.99. The quantitative estimate of drug-likeness (QED) is 0.752. The average molecular weight is 255 g/mol. The summed E-state index contributed by atoms with van der Waals surface area (Å²) in [5.74, 6) is -1.36. The molecule has 2 N–H and O–H groups in total. The summed E-state index contributed by atoms with van der Waals surface area (Å²) < 4.78 is 23.8. The third kappa shape index (κ3) is 4.09. The molecule has 0 bridgehead atoms. The van der Waals surface area contributed by atoms with Gasteiger partial charge >= 0.3 is 0 Å². The molecule has 1 amide bonds. The largest absolute Gasteiger partial charge is 0.382 e. The van der Waals surface area contributed by atoms with Gasteiger partial charge in [0, 0.05) is 12.7 Å². The predicted molar refractivity (Wildman–Crippen MR) is 65.5 cm³/mol. The van der Waals surface area contributed by atoms with Crippen LogP contribution in [0.2, 0.25) is 0 Å². The van der Waals surface area contributed by atoms with Crippen LogP contribution in [-0.2, 0) is 20.9 Å². The molecule has 1 aromatic rings. The molecule has 1 unspecified atom stereocenters. The van der Waals surface area contributed by atoms with Gasteiger partial charge in [0.2, 0.25) is 5.91 Å². The van der Waals surface area contributed by atoms with E-state index in [1.54, 1.807) is 26.2 Å². The summed E-state index contributed by atoms with van der Waals surface area (Å²) in [6.45, 7) is 2.71. The molecule has 0 fully saturated rings. The van der Waals surface area contributed by atoms with E-state index in [0.29, 0.717) is 24.3 Å². The monoisotopic (exact) mass is 255 g/mol. The Kier molecular flexibility index (Phi) is 5.74. The number of hydrogen-bond donors (Lipinski definition) is 1. The number of halogens is 1. The van der Waals surface area contributed by atoms with Crippen LogP contribution >= 0.6 is 0 Å². The highest BCUT2D eigenvalue weighted by atomic mass is 19.1. The van der Waals surface area contributed by atoms with Crippen LogP contribution in [0.3, 0.4) is 0 Å². The lowest BCUT2D eigenvalue weighted by Crippen LogP contribution is -2.19. The van der Waals surface area contributed by atoms with Crippen molar-refractivity contribution in [2.24, 2.45) is 5.73 Å². The standard InChI is InChI=1S/C13H18FNO3/c1-9(13(15)16)10-3-4-11(12(14)7-10)8-18-6-5-17-2/h3-4,7,9H,5-6,8H2,1-2H3,(H2,15,16). The summed E-state index contributed by atoms with van der Waals surface area (Å²) >= 11 is 0. The van der Waals surface area contributed by atoms with Crippen LogP contribution < -0.4 is 5.73 Å². The Bertz CT molecular complexity index is 409. The third-order valence-corrected chi connectivity index (χ3v) is 2.69. The second-order valence-corrected chi connectivity index (χ2v) is 4.02. The van der Waals surface area contributed by atoms with E-state index >= 15 is 0 Å². The molecule has 0 aliphatic carbocycles. The summed E-state index contributed by atoms with van der Waals surface area (Å²) in [7, 11) is 1.57. The minimum absolute atomic E-state index is 0.181. The number of methoxy groups -OCH3 is 1. The third-order valence-electron chi connectivity index (χ3n) is 2.69. The van der Waals surface area contributed by atoms with Gasteiger partial charge in [0.15, 0.2) is 0 Å². The fourth-order valence-corrected chi connectivity index (χ4v) is 1.44. The molecule has 0 heterocycles. The van der Waals surface area contributed by atoms with Crippen LogP contribution in [0.1, 0.15) is 24.0 Å². The topological polar surface area (TPSA) is 61.6 Å². The van der Waals surface area contributed by atoms with Gasteiger partial charge in [-0.05, 0) is 18.6 Å². The zero-order valence-corrected chi connectivity index (χ0v) is 10.6. The number of amides is 1. The van der Waals surface area contributed by atoms with Crippen molar-refractivity contribution in [1.82, 2.24) is 0 Å². The fraction of sp³-hybridized carbons (Fsp3) is 0.462. The van der Waals surface area contributed by atoms with Gasteiger partial charge in [0.1, 0.15) is 5.82 Å². The van der Waals surface area contributed by atoms with Crippen LogP contribution in [-0.4, -0.2) is 26.2 Å². The van der Waals surface area contributed by atoms with Crippen LogP contribution in [0.25, 0.3) is 0 Å². The predicted octanol–water partition coefficient (Wildman–Crippen LogP) is 1.58. The van der Waals surface area contributed by atoms with Crippen LogP contribution in [0, 0.1) is 5.82 Å². The highest BCUT2D eigenvalue weighted by Gasteiger charge is 2.13.